The molecule has 0 bridgehead atoms. The van der Waals surface area contributed by atoms with Gasteiger partial charge in [-0.1, -0.05) is 48.5 Å². The molecule has 4 aromatic carbocycles. The molecule has 0 amide bonds. The van der Waals surface area contributed by atoms with Gasteiger partial charge >= 0.3 is 11.9 Å². The minimum absolute atomic E-state index is 0.152. The number of carbonyl (C=O) groups is 2. The fraction of sp³-hybridized carbons (Fsp3) is 0.120. The van der Waals surface area contributed by atoms with Crippen molar-refractivity contribution in [2.45, 2.75) is 0 Å². The zero-order valence-corrected chi connectivity index (χ0v) is 18.2. The number of carboxylic acid groups (broad SMARTS) is 1. The molecule has 0 aliphatic heterocycles. The second kappa shape index (κ2) is 9.78. The first-order chi connectivity index (χ1) is 15.8. The molecule has 4 aromatic rings. The molecule has 0 aliphatic carbocycles. The lowest BCUT2D eigenvalue weighted by Crippen LogP contribution is -2.05. The van der Waals surface area contributed by atoms with Gasteiger partial charge in [0.2, 0.25) is 0 Å². The van der Waals surface area contributed by atoms with Crippen LogP contribution in [0.15, 0.2) is 60.7 Å². The Kier molecular flexibility index (Phi) is 6.88. The lowest BCUT2D eigenvalue weighted by molar-refractivity contribution is 0.0596. The van der Waals surface area contributed by atoms with E-state index in [2.05, 4.69) is 0 Å². The third-order valence-electron chi connectivity index (χ3n) is 5.01. The standard InChI is InChI=1S/C14H14O4.C11H8O4/c1-16-12-8-11(14(15)18-3)13(17-2)10-7-5-4-6-9(10)12;12-9-5-8(11(14)15)10(13)7-4-2-1-3-6(7)9/h4-8H,1-3H3;1-5,12-13H,(H,14,15). The van der Waals surface area contributed by atoms with E-state index in [4.69, 9.17) is 19.3 Å². The van der Waals surface area contributed by atoms with Crippen molar-refractivity contribution in [3.63, 3.8) is 0 Å². The minimum Gasteiger partial charge on any atom is -0.507 e. The van der Waals surface area contributed by atoms with Crippen molar-refractivity contribution in [2.75, 3.05) is 21.3 Å². The van der Waals surface area contributed by atoms with Crippen molar-refractivity contribution in [3.8, 4) is 23.0 Å². The van der Waals surface area contributed by atoms with Crippen molar-refractivity contribution >= 4 is 33.5 Å². The number of hydrogen-bond acceptors (Lipinski definition) is 7. The van der Waals surface area contributed by atoms with Crippen LogP contribution in [0.3, 0.4) is 0 Å². The Hall–Kier alpha value is -4.46. The summed E-state index contributed by atoms with van der Waals surface area (Å²) in [6, 6.07) is 16.8. The average Bonchev–Trinajstić information content (AvgIpc) is 2.84. The van der Waals surface area contributed by atoms with Crippen molar-refractivity contribution in [3.05, 3.63) is 71.8 Å². The van der Waals surface area contributed by atoms with E-state index in [1.807, 2.05) is 24.3 Å². The number of carboxylic acids is 1. The van der Waals surface area contributed by atoms with Gasteiger partial charge in [0.05, 0.1) is 21.3 Å². The Labute approximate surface area is 189 Å². The molecule has 0 heterocycles. The maximum Gasteiger partial charge on any atom is 0.341 e. The lowest BCUT2D eigenvalue weighted by atomic mass is 10.0. The molecule has 0 saturated carbocycles. The number of aromatic hydroxyl groups is 2. The highest BCUT2D eigenvalue weighted by molar-refractivity contribution is 6.04. The summed E-state index contributed by atoms with van der Waals surface area (Å²) in [6.07, 6.45) is 0. The van der Waals surface area contributed by atoms with E-state index in [0.717, 1.165) is 16.8 Å². The summed E-state index contributed by atoms with van der Waals surface area (Å²) in [5, 5.41) is 30.5. The quantitative estimate of drug-likeness (QED) is 0.305. The van der Waals surface area contributed by atoms with Crippen LogP contribution in [-0.4, -0.2) is 48.6 Å². The molecule has 8 nitrogen and oxygen atoms in total. The summed E-state index contributed by atoms with van der Waals surface area (Å²) in [5.41, 5.74) is 0.0572. The van der Waals surface area contributed by atoms with Crippen molar-refractivity contribution in [2.24, 2.45) is 0 Å². The number of fused-ring (bicyclic) bond motifs is 2. The zero-order chi connectivity index (χ0) is 24.1. The van der Waals surface area contributed by atoms with Gasteiger partial charge in [0, 0.05) is 21.5 Å². The maximum atomic E-state index is 11.7. The van der Waals surface area contributed by atoms with E-state index < -0.39 is 11.9 Å². The lowest BCUT2D eigenvalue weighted by Gasteiger charge is -2.13. The van der Waals surface area contributed by atoms with E-state index in [9.17, 15) is 19.8 Å². The highest BCUT2D eigenvalue weighted by Gasteiger charge is 2.19. The summed E-state index contributed by atoms with van der Waals surface area (Å²) < 4.78 is 15.4. The molecule has 0 spiro atoms. The number of esters is 1. The molecule has 170 valence electrons. The van der Waals surface area contributed by atoms with E-state index in [1.54, 1.807) is 37.4 Å². The van der Waals surface area contributed by atoms with Gasteiger partial charge in [-0.3, -0.25) is 0 Å². The van der Waals surface area contributed by atoms with Crippen LogP contribution in [0.5, 0.6) is 23.0 Å². The van der Waals surface area contributed by atoms with Crippen LogP contribution < -0.4 is 9.47 Å². The van der Waals surface area contributed by atoms with E-state index in [0.29, 0.717) is 27.8 Å². The number of hydrogen-bond donors (Lipinski definition) is 3. The van der Waals surface area contributed by atoms with Crippen LogP contribution in [0.25, 0.3) is 21.5 Å². The molecule has 0 aliphatic rings. The molecule has 0 saturated heterocycles. The number of methoxy groups -OCH3 is 3. The number of phenolic OH excluding ortho intramolecular Hbond substituents is 1. The van der Waals surface area contributed by atoms with E-state index in [1.165, 1.54) is 14.2 Å². The summed E-state index contributed by atoms with van der Waals surface area (Å²) in [4.78, 5) is 22.5. The first kappa shape index (κ1) is 23.2. The molecule has 0 atom stereocenters. The van der Waals surface area contributed by atoms with Crippen LogP contribution in [0.1, 0.15) is 20.7 Å². The highest BCUT2D eigenvalue weighted by atomic mass is 16.5. The first-order valence-corrected chi connectivity index (χ1v) is 9.73. The SMILES string of the molecule is COC(=O)c1cc(OC)c2ccccc2c1OC.O=C(O)c1cc(O)c2ccccc2c1O. The fourth-order valence-electron chi connectivity index (χ4n) is 3.47. The molecule has 8 heteroatoms. The predicted octanol–water partition coefficient (Wildman–Crippen LogP) is 4.59. The van der Waals surface area contributed by atoms with Crippen LogP contribution in [-0.2, 0) is 4.74 Å². The zero-order valence-electron chi connectivity index (χ0n) is 18.2. The Bertz CT molecular complexity index is 1340. The van der Waals surface area contributed by atoms with Gasteiger partial charge in [0.25, 0.3) is 0 Å². The molecule has 0 aromatic heterocycles. The van der Waals surface area contributed by atoms with Crippen molar-refractivity contribution in [1.29, 1.82) is 0 Å². The predicted molar refractivity (Wildman–Crippen MR) is 123 cm³/mol. The fourth-order valence-corrected chi connectivity index (χ4v) is 3.47. The van der Waals surface area contributed by atoms with E-state index >= 15 is 0 Å². The van der Waals surface area contributed by atoms with Gasteiger partial charge in [-0.05, 0) is 12.1 Å². The van der Waals surface area contributed by atoms with Crippen molar-refractivity contribution < 1.29 is 39.1 Å². The summed E-state index contributed by atoms with van der Waals surface area (Å²) >= 11 is 0. The molecule has 33 heavy (non-hydrogen) atoms. The van der Waals surface area contributed by atoms with Crippen LogP contribution >= 0.6 is 0 Å². The van der Waals surface area contributed by atoms with Crippen LogP contribution in [0, 0.1) is 0 Å². The minimum atomic E-state index is -1.27. The molecule has 0 radical (unpaired) electrons. The molecule has 0 unspecified atom stereocenters. The Balaban J connectivity index is 0.000000189. The largest absolute Gasteiger partial charge is 0.507 e. The molecular weight excluding hydrogens is 428 g/mol. The number of ether oxygens (including phenoxy) is 3. The third kappa shape index (κ3) is 4.45. The molecule has 0 fully saturated rings. The monoisotopic (exact) mass is 450 g/mol. The Morgan fingerprint density at radius 2 is 1.30 bits per heavy atom. The molecule has 4 rings (SSSR count). The maximum absolute atomic E-state index is 11.7. The van der Waals surface area contributed by atoms with Gasteiger partial charge < -0.3 is 29.5 Å². The smallest absolute Gasteiger partial charge is 0.341 e. The number of phenols is 2. The number of benzene rings is 4. The second-order valence-corrected chi connectivity index (χ2v) is 6.84. The first-order valence-electron chi connectivity index (χ1n) is 9.73. The molecular formula is C25H22O8. The number of carbonyl (C=O) groups excluding carboxylic acids is 1. The van der Waals surface area contributed by atoms with Gasteiger partial charge in [-0.15, -0.1) is 0 Å². The number of aromatic carboxylic acids is 1. The summed E-state index contributed by atoms with van der Waals surface area (Å²) in [6.45, 7) is 0. The van der Waals surface area contributed by atoms with Crippen LogP contribution in [0.4, 0.5) is 0 Å². The van der Waals surface area contributed by atoms with Crippen LogP contribution in [0.2, 0.25) is 0 Å². The average molecular weight is 450 g/mol. The van der Waals surface area contributed by atoms with Gasteiger partial charge in [0.1, 0.15) is 34.1 Å². The van der Waals surface area contributed by atoms with E-state index in [-0.39, 0.29) is 17.1 Å². The molecule has 3 N–H and O–H groups in total. The summed E-state index contributed by atoms with van der Waals surface area (Å²) in [5.74, 6) is -1.08. The topological polar surface area (TPSA) is 123 Å². The summed E-state index contributed by atoms with van der Waals surface area (Å²) in [7, 11) is 4.43. The Morgan fingerprint density at radius 1 is 0.727 bits per heavy atom. The van der Waals surface area contributed by atoms with Gasteiger partial charge in [0.15, 0.2) is 0 Å². The normalized spacial score (nSPS) is 10.3. The number of rotatable bonds is 4. The second-order valence-electron chi connectivity index (χ2n) is 6.84. The van der Waals surface area contributed by atoms with Gasteiger partial charge in [-0.2, -0.15) is 0 Å². The third-order valence-corrected chi connectivity index (χ3v) is 5.01. The van der Waals surface area contributed by atoms with Gasteiger partial charge in [-0.25, -0.2) is 9.59 Å². The Morgan fingerprint density at radius 3 is 1.85 bits per heavy atom. The van der Waals surface area contributed by atoms with Crippen molar-refractivity contribution in [1.82, 2.24) is 0 Å². The highest BCUT2D eigenvalue weighted by Crippen LogP contribution is 2.37.